The van der Waals surface area contributed by atoms with Gasteiger partial charge in [-0.15, -0.1) is 11.3 Å². The molecule has 0 aliphatic heterocycles. The van der Waals surface area contributed by atoms with E-state index in [2.05, 4.69) is 15.0 Å². The molecule has 3 aromatic rings. The van der Waals surface area contributed by atoms with Gasteiger partial charge in [0.25, 0.3) is 10.0 Å². The Balaban J connectivity index is 1.87. The van der Waals surface area contributed by atoms with Crippen molar-refractivity contribution in [2.45, 2.75) is 18.5 Å². The summed E-state index contributed by atoms with van der Waals surface area (Å²) in [7, 11) is -2.03. The van der Waals surface area contributed by atoms with Crippen molar-refractivity contribution < 1.29 is 8.42 Å². The van der Waals surface area contributed by atoms with Gasteiger partial charge in [-0.2, -0.15) is 4.31 Å². The van der Waals surface area contributed by atoms with E-state index in [1.807, 2.05) is 24.3 Å². The molecule has 0 spiro atoms. The lowest BCUT2D eigenvalue weighted by Crippen LogP contribution is -2.26. The fourth-order valence-corrected chi connectivity index (χ4v) is 4.15. The SMILES string of the molecule is Cc1ncc(S(=O)(=O)N(C)Cc2nc3ccccc3s2)[nH]1. The fourth-order valence-electron chi connectivity index (χ4n) is 1.96. The van der Waals surface area contributed by atoms with Crippen LogP contribution in [-0.2, 0) is 16.6 Å². The van der Waals surface area contributed by atoms with Crippen LogP contribution in [0, 0.1) is 6.92 Å². The number of para-hydroxylation sites is 1. The Morgan fingerprint density at radius 1 is 1.33 bits per heavy atom. The summed E-state index contributed by atoms with van der Waals surface area (Å²) in [6.45, 7) is 1.95. The number of thiazole rings is 1. The molecule has 1 aromatic carbocycles. The van der Waals surface area contributed by atoms with Crippen LogP contribution in [0.5, 0.6) is 0 Å². The number of aryl methyl sites for hydroxylation is 1. The first-order valence-electron chi connectivity index (χ1n) is 6.29. The number of rotatable bonds is 4. The highest BCUT2D eigenvalue weighted by Crippen LogP contribution is 2.24. The average molecular weight is 322 g/mol. The third-order valence-electron chi connectivity index (χ3n) is 3.06. The molecule has 0 fully saturated rings. The van der Waals surface area contributed by atoms with Gasteiger partial charge in [0.05, 0.1) is 23.0 Å². The van der Waals surface area contributed by atoms with E-state index in [0.717, 1.165) is 15.2 Å². The number of imidazole rings is 1. The molecule has 0 bridgehead atoms. The monoisotopic (exact) mass is 322 g/mol. The Morgan fingerprint density at radius 3 is 2.76 bits per heavy atom. The summed E-state index contributed by atoms with van der Waals surface area (Å²) in [6, 6.07) is 7.75. The summed E-state index contributed by atoms with van der Waals surface area (Å²) in [5.41, 5.74) is 0.890. The summed E-state index contributed by atoms with van der Waals surface area (Å²) >= 11 is 1.50. The lowest BCUT2D eigenvalue weighted by Gasteiger charge is -2.13. The van der Waals surface area contributed by atoms with E-state index in [9.17, 15) is 8.42 Å². The second-order valence-corrected chi connectivity index (χ2v) is 7.80. The maximum atomic E-state index is 12.4. The van der Waals surface area contributed by atoms with Crippen molar-refractivity contribution in [1.29, 1.82) is 0 Å². The first-order valence-corrected chi connectivity index (χ1v) is 8.55. The Morgan fingerprint density at radius 2 is 2.10 bits per heavy atom. The van der Waals surface area contributed by atoms with Gasteiger partial charge in [-0.1, -0.05) is 12.1 Å². The van der Waals surface area contributed by atoms with E-state index in [1.54, 1.807) is 6.92 Å². The molecular weight excluding hydrogens is 308 g/mol. The maximum absolute atomic E-state index is 12.4. The molecule has 0 aliphatic carbocycles. The minimum Gasteiger partial charge on any atom is -0.332 e. The number of aromatic amines is 1. The Hall–Kier alpha value is -1.77. The first-order chi connectivity index (χ1) is 9.96. The van der Waals surface area contributed by atoms with Gasteiger partial charge in [0.2, 0.25) is 0 Å². The van der Waals surface area contributed by atoms with Crippen molar-refractivity contribution in [3.05, 3.63) is 41.3 Å². The van der Waals surface area contributed by atoms with E-state index in [4.69, 9.17) is 0 Å². The number of benzene rings is 1. The van der Waals surface area contributed by atoms with Crippen LogP contribution in [0.2, 0.25) is 0 Å². The van der Waals surface area contributed by atoms with Crippen LogP contribution in [0.3, 0.4) is 0 Å². The highest BCUT2D eigenvalue weighted by atomic mass is 32.2. The van der Waals surface area contributed by atoms with Crippen LogP contribution in [0.4, 0.5) is 0 Å². The molecule has 6 nitrogen and oxygen atoms in total. The first kappa shape index (κ1) is 14.2. The quantitative estimate of drug-likeness (QED) is 0.798. The fraction of sp³-hybridized carbons (Fsp3) is 0.231. The summed E-state index contributed by atoms with van der Waals surface area (Å²) < 4.78 is 27.1. The van der Waals surface area contributed by atoms with Gasteiger partial charge >= 0.3 is 0 Å². The molecule has 3 rings (SSSR count). The number of hydrogen-bond donors (Lipinski definition) is 1. The van der Waals surface area contributed by atoms with E-state index in [-0.39, 0.29) is 11.6 Å². The van der Waals surface area contributed by atoms with E-state index < -0.39 is 10.0 Å². The molecule has 8 heteroatoms. The number of nitrogens with one attached hydrogen (secondary N) is 1. The van der Waals surface area contributed by atoms with Gasteiger partial charge < -0.3 is 4.98 Å². The van der Waals surface area contributed by atoms with Crippen LogP contribution >= 0.6 is 11.3 Å². The third-order valence-corrected chi connectivity index (χ3v) is 5.80. The van der Waals surface area contributed by atoms with Gasteiger partial charge in [0, 0.05) is 7.05 Å². The summed E-state index contributed by atoms with van der Waals surface area (Å²) in [4.78, 5) is 11.1. The molecule has 1 N–H and O–H groups in total. The molecule has 0 unspecified atom stereocenters. The zero-order valence-electron chi connectivity index (χ0n) is 11.6. The predicted molar refractivity (Wildman–Crippen MR) is 81.6 cm³/mol. The second kappa shape index (κ2) is 5.21. The molecule has 0 atom stereocenters. The zero-order valence-corrected chi connectivity index (χ0v) is 13.2. The molecule has 21 heavy (non-hydrogen) atoms. The van der Waals surface area contributed by atoms with Crippen LogP contribution in [0.1, 0.15) is 10.8 Å². The molecule has 0 radical (unpaired) electrons. The highest BCUT2D eigenvalue weighted by Gasteiger charge is 2.23. The molecule has 0 saturated carbocycles. The topological polar surface area (TPSA) is 79.0 Å². The minimum atomic E-state index is -3.57. The predicted octanol–water partition coefficient (Wildman–Crippen LogP) is 2.15. The van der Waals surface area contributed by atoms with Gasteiger partial charge in [-0.25, -0.2) is 18.4 Å². The van der Waals surface area contributed by atoms with Crippen molar-refractivity contribution in [3.8, 4) is 0 Å². The van der Waals surface area contributed by atoms with E-state index in [1.165, 1.54) is 28.9 Å². The Kier molecular flexibility index (Phi) is 3.52. The minimum absolute atomic E-state index is 0.101. The molecular formula is C13H14N4O2S2. The van der Waals surface area contributed by atoms with Crippen molar-refractivity contribution in [1.82, 2.24) is 19.3 Å². The number of H-pyrrole nitrogens is 1. The Labute approximate surface area is 126 Å². The van der Waals surface area contributed by atoms with Crippen LogP contribution < -0.4 is 0 Å². The average Bonchev–Trinajstić information content (AvgIpc) is 3.04. The number of sulfonamides is 1. The molecule has 110 valence electrons. The number of fused-ring (bicyclic) bond motifs is 1. The number of nitrogens with zero attached hydrogens (tertiary/aromatic N) is 3. The molecule has 2 heterocycles. The standard InChI is InChI=1S/C13H14N4O2S2/c1-9-14-7-13(15-9)21(18,19)17(2)8-12-16-10-5-3-4-6-11(10)20-12/h3-7H,8H2,1-2H3,(H,14,15). The third kappa shape index (κ3) is 2.69. The lowest BCUT2D eigenvalue weighted by atomic mass is 10.3. The van der Waals surface area contributed by atoms with Crippen molar-refractivity contribution >= 4 is 31.6 Å². The zero-order chi connectivity index (χ0) is 15.0. The Bertz CT molecular complexity index is 849. The molecule has 0 aliphatic rings. The van der Waals surface area contributed by atoms with Crippen molar-refractivity contribution in [3.63, 3.8) is 0 Å². The second-order valence-electron chi connectivity index (χ2n) is 4.67. The molecule has 0 saturated heterocycles. The van der Waals surface area contributed by atoms with Crippen LogP contribution in [-0.4, -0.2) is 34.7 Å². The molecule has 2 aromatic heterocycles. The maximum Gasteiger partial charge on any atom is 0.260 e. The summed E-state index contributed by atoms with van der Waals surface area (Å²) in [5, 5.41) is 0.863. The summed E-state index contributed by atoms with van der Waals surface area (Å²) in [5.74, 6) is 0.571. The van der Waals surface area contributed by atoms with Crippen molar-refractivity contribution in [2.75, 3.05) is 7.05 Å². The van der Waals surface area contributed by atoms with E-state index in [0.29, 0.717) is 5.82 Å². The van der Waals surface area contributed by atoms with Crippen molar-refractivity contribution in [2.24, 2.45) is 0 Å². The van der Waals surface area contributed by atoms with Gasteiger partial charge in [0.15, 0.2) is 5.03 Å². The van der Waals surface area contributed by atoms with Gasteiger partial charge in [-0.3, -0.25) is 0 Å². The highest BCUT2D eigenvalue weighted by molar-refractivity contribution is 7.89. The smallest absolute Gasteiger partial charge is 0.260 e. The number of aromatic nitrogens is 3. The van der Waals surface area contributed by atoms with Crippen LogP contribution in [0.25, 0.3) is 10.2 Å². The largest absolute Gasteiger partial charge is 0.332 e. The van der Waals surface area contributed by atoms with Gasteiger partial charge in [-0.05, 0) is 19.1 Å². The lowest BCUT2D eigenvalue weighted by molar-refractivity contribution is 0.463. The summed E-state index contributed by atoms with van der Waals surface area (Å²) in [6.07, 6.45) is 1.33. The van der Waals surface area contributed by atoms with E-state index >= 15 is 0 Å². The number of hydrogen-bond acceptors (Lipinski definition) is 5. The molecule has 0 amide bonds. The van der Waals surface area contributed by atoms with Crippen LogP contribution in [0.15, 0.2) is 35.5 Å². The normalized spacial score (nSPS) is 12.3. The van der Waals surface area contributed by atoms with Gasteiger partial charge in [0.1, 0.15) is 10.8 Å².